The SMILES string of the molecule is CCCOc1ccc(CBr)c(OCc2cccc(Cl)c2)c1. The van der Waals surface area contributed by atoms with Crippen molar-refractivity contribution in [3.8, 4) is 11.5 Å². The van der Waals surface area contributed by atoms with Crippen molar-refractivity contribution in [2.24, 2.45) is 0 Å². The Labute approximate surface area is 139 Å². The molecule has 0 saturated carbocycles. The molecule has 0 unspecified atom stereocenters. The van der Waals surface area contributed by atoms with Gasteiger partial charge in [0, 0.05) is 22.0 Å². The molecule has 2 nitrogen and oxygen atoms in total. The molecule has 2 rings (SSSR count). The largest absolute Gasteiger partial charge is 0.493 e. The van der Waals surface area contributed by atoms with Gasteiger partial charge in [0.05, 0.1) is 6.61 Å². The van der Waals surface area contributed by atoms with E-state index in [1.54, 1.807) is 0 Å². The van der Waals surface area contributed by atoms with Crippen molar-refractivity contribution in [1.29, 1.82) is 0 Å². The molecule has 0 aliphatic heterocycles. The van der Waals surface area contributed by atoms with Gasteiger partial charge in [-0.15, -0.1) is 0 Å². The van der Waals surface area contributed by atoms with E-state index >= 15 is 0 Å². The first-order chi connectivity index (χ1) is 10.2. The maximum absolute atomic E-state index is 5.98. The zero-order valence-corrected chi connectivity index (χ0v) is 14.3. The van der Waals surface area contributed by atoms with Crippen LogP contribution in [0.25, 0.3) is 0 Å². The number of alkyl halides is 1. The number of rotatable bonds is 7. The smallest absolute Gasteiger partial charge is 0.127 e. The fraction of sp³-hybridized carbons (Fsp3) is 0.294. The predicted octanol–water partition coefficient (Wildman–Crippen LogP) is 5.60. The lowest BCUT2D eigenvalue weighted by Gasteiger charge is -2.13. The predicted molar refractivity (Wildman–Crippen MR) is 90.6 cm³/mol. The molecule has 0 atom stereocenters. The first-order valence-electron chi connectivity index (χ1n) is 6.92. The minimum atomic E-state index is 0.484. The van der Waals surface area contributed by atoms with Crippen LogP contribution in [0.1, 0.15) is 24.5 Å². The topological polar surface area (TPSA) is 18.5 Å². The van der Waals surface area contributed by atoms with Gasteiger partial charge in [0.25, 0.3) is 0 Å². The Balaban J connectivity index is 2.09. The summed E-state index contributed by atoms with van der Waals surface area (Å²) in [6.07, 6.45) is 0.985. The van der Waals surface area contributed by atoms with E-state index in [1.165, 1.54) is 0 Å². The van der Waals surface area contributed by atoms with Crippen LogP contribution >= 0.6 is 27.5 Å². The number of halogens is 2. The number of hydrogen-bond acceptors (Lipinski definition) is 2. The standard InChI is InChI=1S/C17H18BrClO2/c1-2-8-20-16-7-6-14(11-18)17(10-16)21-12-13-4-3-5-15(19)9-13/h3-7,9-10H,2,8,11-12H2,1H3. The highest BCUT2D eigenvalue weighted by Gasteiger charge is 2.06. The van der Waals surface area contributed by atoms with Crippen LogP contribution in [-0.2, 0) is 11.9 Å². The van der Waals surface area contributed by atoms with Crippen molar-refractivity contribution in [2.45, 2.75) is 25.3 Å². The highest BCUT2D eigenvalue weighted by Crippen LogP contribution is 2.28. The molecule has 0 aliphatic carbocycles. The summed E-state index contributed by atoms with van der Waals surface area (Å²) in [5.41, 5.74) is 2.14. The van der Waals surface area contributed by atoms with E-state index in [2.05, 4.69) is 22.9 Å². The van der Waals surface area contributed by atoms with Gasteiger partial charge in [-0.25, -0.2) is 0 Å². The van der Waals surface area contributed by atoms with Crippen LogP contribution in [0.2, 0.25) is 5.02 Å². The lowest BCUT2D eigenvalue weighted by Crippen LogP contribution is -2.00. The van der Waals surface area contributed by atoms with E-state index in [1.807, 2.05) is 42.5 Å². The number of benzene rings is 2. The Bertz CT molecular complexity index is 587. The van der Waals surface area contributed by atoms with Crippen molar-refractivity contribution in [1.82, 2.24) is 0 Å². The molecule has 112 valence electrons. The summed E-state index contributed by atoms with van der Waals surface area (Å²) in [6, 6.07) is 13.6. The van der Waals surface area contributed by atoms with Gasteiger partial charge in [0.2, 0.25) is 0 Å². The summed E-state index contributed by atoms with van der Waals surface area (Å²) in [5, 5.41) is 1.46. The minimum absolute atomic E-state index is 0.484. The minimum Gasteiger partial charge on any atom is -0.493 e. The van der Waals surface area contributed by atoms with Gasteiger partial charge in [-0.1, -0.05) is 52.7 Å². The van der Waals surface area contributed by atoms with E-state index in [9.17, 15) is 0 Å². The van der Waals surface area contributed by atoms with Crippen molar-refractivity contribution in [2.75, 3.05) is 6.61 Å². The molecule has 21 heavy (non-hydrogen) atoms. The van der Waals surface area contributed by atoms with E-state index < -0.39 is 0 Å². The fourth-order valence-corrected chi connectivity index (χ4v) is 2.55. The number of ether oxygens (including phenoxy) is 2. The lowest BCUT2D eigenvalue weighted by molar-refractivity contribution is 0.293. The number of hydrogen-bond donors (Lipinski definition) is 0. The van der Waals surface area contributed by atoms with E-state index in [0.29, 0.717) is 13.2 Å². The van der Waals surface area contributed by atoms with Gasteiger partial charge < -0.3 is 9.47 Å². The van der Waals surface area contributed by atoms with E-state index in [4.69, 9.17) is 21.1 Å². The maximum Gasteiger partial charge on any atom is 0.127 e. The van der Waals surface area contributed by atoms with Crippen LogP contribution in [0.5, 0.6) is 11.5 Å². The molecular weight excluding hydrogens is 352 g/mol. The van der Waals surface area contributed by atoms with Crippen LogP contribution in [-0.4, -0.2) is 6.61 Å². The fourth-order valence-electron chi connectivity index (χ4n) is 1.88. The van der Waals surface area contributed by atoms with Crippen LogP contribution in [0.15, 0.2) is 42.5 Å². The average Bonchev–Trinajstić information content (AvgIpc) is 2.51. The molecule has 0 fully saturated rings. The molecule has 2 aromatic carbocycles. The summed E-state index contributed by atoms with van der Waals surface area (Å²) < 4.78 is 11.6. The zero-order chi connectivity index (χ0) is 15.1. The van der Waals surface area contributed by atoms with Crippen LogP contribution in [0, 0.1) is 0 Å². The highest BCUT2D eigenvalue weighted by molar-refractivity contribution is 9.08. The summed E-state index contributed by atoms with van der Waals surface area (Å²) in [7, 11) is 0. The van der Waals surface area contributed by atoms with Crippen molar-refractivity contribution >= 4 is 27.5 Å². The Morgan fingerprint density at radius 2 is 1.95 bits per heavy atom. The van der Waals surface area contributed by atoms with Gasteiger partial charge in [-0.2, -0.15) is 0 Å². The van der Waals surface area contributed by atoms with Crippen molar-refractivity contribution < 1.29 is 9.47 Å². The van der Waals surface area contributed by atoms with Gasteiger partial charge in [0.15, 0.2) is 0 Å². The monoisotopic (exact) mass is 368 g/mol. The Hall–Kier alpha value is -1.19. The van der Waals surface area contributed by atoms with Crippen molar-refractivity contribution in [3.63, 3.8) is 0 Å². The highest BCUT2D eigenvalue weighted by atomic mass is 79.9. The third-order valence-corrected chi connectivity index (χ3v) is 3.78. The van der Waals surface area contributed by atoms with E-state index in [0.717, 1.165) is 39.4 Å². The first-order valence-corrected chi connectivity index (χ1v) is 8.41. The molecule has 0 saturated heterocycles. The van der Waals surface area contributed by atoms with Crippen molar-refractivity contribution in [3.05, 3.63) is 58.6 Å². The van der Waals surface area contributed by atoms with Gasteiger partial charge in [-0.3, -0.25) is 0 Å². The third-order valence-electron chi connectivity index (χ3n) is 2.94. The molecule has 0 heterocycles. The average molecular weight is 370 g/mol. The second kappa shape index (κ2) is 8.30. The molecule has 0 bridgehead atoms. The van der Waals surface area contributed by atoms with Gasteiger partial charge in [0.1, 0.15) is 18.1 Å². The molecular formula is C17H18BrClO2. The van der Waals surface area contributed by atoms with Crippen LogP contribution in [0.4, 0.5) is 0 Å². The molecule has 0 N–H and O–H groups in total. The third kappa shape index (κ3) is 4.94. The van der Waals surface area contributed by atoms with Gasteiger partial charge >= 0.3 is 0 Å². The second-order valence-electron chi connectivity index (χ2n) is 4.67. The molecule has 2 aromatic rings. The Kier molecular flexibility index (Phi) is 6.40. The summed E-state index contributed by atoms with van der Waals surface area (Å²) in [6.45, 7) is 3.28. The lowest BCUT2D eigenvalue weighted by atomic mass is 10.2. The Morgan fingerprint density at radius 3 is 2.67 bits per heavy atom. The maximum atomic E-state index is 5.98. The Morgan fingerprint density at radius 1 is 1.10 bits per heavy atom. The zero-order valence-electron chi connectivity index (χ0n) is 11.9. The molecule has 0 radical (unpaired) electrons. The summed E-state index contributed by atoms with van der Waals surface area (Å²) in [5.74, 6) is 1.67. The molecule has 0 aliphatic rings. The summed E-state index contributed by atoms with van der Waals surface area (Å²) >= 11 is 9.47. The second-order valence-corrected chi connectivity index (χ2v) is 5.67. The van der Waals surface area contributed by atoms with E-state index in [-0.39, 0.29) is 0 Å². The normalized spacial score (nSPS) is 10.4. The summed E-state index contributed by atoms with van der Waals surface area (Å²) in [4.78, 5) is 0. The first kappa shape index (κ1) is 16.2. The molecule has 4 heteroatoms. The molecule has 0 spiro atoms. The van der Waals surface area contributed by atoms with Crippen LogP contribution < -0.4 is 9.47 Å². The molecule has 0 aromatic heterocycles. The quantitative estimate of drug-likeness (QED) is 0.591. The molecule has 0 amide bonds. The van der Waals surface area contributed by atoms with Gasteiger partial charge in [-0.05, 0) is 30.2 Å². The van der Waals surface area contributed by atoms with Crippen LogP contribution in [0.3, 0.4) is 0 Å².